The van der Waals surface area contributed by atoms with Crippen LogP contribution in [0.4, 0.5) is 0 Å². The summed E-state index contributed by atoms with van der Waals surface area (Å²) in [7, 11) is 0. The molecule has 0 aromatic carbocycles. The molecule has 0 aliphatic carbocycles. The van der Waals surface area contributed by atoms with Crippen LogP contribution in [-0.4, -0.2) is 35.0 Å². The van der Waals surface area contributed by atoms with Gasteiger partial charge in [0.25, 0.3) is 5.97 Å². The van der Waals surface area contributed by atoms with E-state index < -0.39 is 5.97 Å². The van der Waals surface area contributed by atoms with E-state index in [9.17, 15) is 0 Å². The Morgan fingerprint density at radius 1 is 1.58 bits per heavy atom. The molecule has 1 aliphatic heterocycles. The molecule has 1 fully saturated rings. The van der Waals surface area contributed by atoms with Crippen LogP contribution in [0.25, 0.3) is 0 Å². The van der Waals surface area contributed by atoms with Crippen molar-refractivity contribution in [2.24, 2.45) is 0 Å². The van der Waals surface area contributed by atoms with Crippen LogP contribution in [0.2, 0.25) is 0 Å². The van der Waals surface area contributed by atoms with E-state index in [1.807, 2.05) is 6.92 Å². The zero-order valence-electron chi connectivity index (χ0n) is 7.49. The molecule has 2 atom stereocenters. The van der Waals surface area contributed by atoms with Crippen LogP contribution in [0.5, 0.6) is 0 Å². The Kier molecular flexibility index (Phi) is 5.66. The molecule has 4 heteroatoms. The SMILES string of the molecule is CC(=O)O.C[C@H]1CC[C@H](CO)O1. The maximum atomic E-state index is 9.00. The van der Waals surface area contributed by atoms with E-state index in [2.05, 4.69) is 0 Å². The third kappa shape index (κ3) is 6.12. The number of hydrogen-bond donors (Lipinski definition) is 2. The molecule has 0 aromatic rings. The van der Waals surface area contributed by atoms with Crippen molar-refractivity contribution in [2.75, 3.05) is 6.61 Å². The topological polar surface area (TPSA) is 66.8 Å². The van der Waals surface area contributed by atoms with E-state index in [-0.39, 0.29) is 12.7 Å². The Hall–Kier alpha value is -0.610. The summed E-state index contributed by atoms with van der Waals surface area (Å²) in [6, 6.07) is 0. The predicted octanol–water partition coefficient (Wildman–Crippen LogP) is 0.637. The highest BCUT2D eigenvalue weighted by atomic mass is 16.5. The summed E-state index contributed by atoms with van der Waals surface area (Å²) < 4.78 is 5.26. The van der Waals surface area contributed by atoms with Crippen LogP contribution in [0, 0.1) is 0 Å². The summed E-state index contributed by atoms with van der Waals surface area (Å²) in [5.74, 6) is -0.833. The molecular weight excluding hydrogens is 160 g/mol. The monoisotopic (exact) mass is 176 g/mol. The van der Waals surface area contributed by atoms with E-state index in [4.69, 9.17) is 19.7 Å². The second-order valence-electron chi connectivity index (χ2n) is 2.85. The fourth-order valence-corrected chi connectivity index (χ4v) is 1.02. The Bertz CT molecular complexity index is 131. The van der Waals surface area contributed by atoms with Crippen LogP contribution in [0.15, 0.2) is 0 Å². The highest BCUT2D eigenvalue weighted by Gasteiger charge is 2.19. The zero-order chi connectivity index (χ0) is 9.56. The van der Waals surface area contributed by atoms with Gasteiger partial charge < -0.3 is 14.9 Å². The number of ether oxygens (including phenoxy) is 1. The van der Waals surface area contributed by atoms with Gasteiger partial charge in [0.1, 0.15) is 0 Å². The molecule has 0 unspecified atom stereocenters. The van der Waals surface area contributed by atoms with Gasteiger partial charge in [-0.05, 0) is 19.8 Å². The summed E-state index contributed by atoms with van der Waals surface area (Å²) in [6.07, 6.45) is 2.63. The van der Waals surface area contributed by atoms with Crippen LogP contribution in [0.3, 0.4) is 0 Å². The number of aliphatic hydroxyl groups excluding tert-OH is 1. The average Bonchev–Trinajstić information content (AvgIpc) is 2.34. The number of rotatable bonds is 1. The van der Waals surface area contributed by atoms with Gasteiger partial charge in [-0.3, -0.25) is 4.79 Å². The number of hydrogen-bond acceptors (Lipinski definition) is 3. The van der Waals surface area contributed by atoms with Gasteiger partial charge >= 0.3 is 0 Å². The quantitative estimate of drug-likeness (QED) is 0.615. The summed E-state index contributed by atoms with van der Waals surface area (Å²) in [5, 5.41) is 16.0. The number of aliphatic hydroxyl groups is 1. The summed E-state index contributed by atoms with van der Waals surface area (Å²) in [6.45, 7) is 3.31. The van der Waals surface area contributed by atoms with Crippen LogP contribution in [0.1, 0.15) is 26.7 Å². The van der Waals surface area contributed by atoms with Gasteiger partial charge in [-0.1, -0.05) is 0 Å². The molecule has 0 radical (unpaired) electrons. The highest BCUT2D eigenvalue weighted by Crippen LogP contribution is 2.17. The molecule has 1 rings (SSSR count). The molecular formula is C8H16O4. The smallest absolute Gasteiger partial charge is 0.300 e. The standard InChI is InChI=1S/C6H12O2.C2H4O2/c1-5-2-3-6(4-7)8-5;1-2(3)4/h5-7H,2-4H2,1H3;1H3,(H,3,4)/t5-,6+;/m0./s1. The van der Waals surface area contributed by atoms with Gasteiger partial charge in [0.05, 0.1) is 18.8 Å². The first kappa shape index (κ1) is 11.4. The molecule has 72 valence electrons. The Morgan fingerprint density at radius 2 is 2.08 bits per heavy atom. The van der Waals surface area contributed by atoms with Crippen molar-refractivity contribution >= 4 is 5.97 Å². The van der Waals surface area contributed by atoms with Crippen molar-refractivity contribution in [3.05, 3.63) is 0 Å². The highest BCUT2D eigenvalue weighted by molar-refractivity contribution is 5.62. The number of carboxylic acids is 1. The van der Waals surface area contributed by atoms with Gasteiger partial charge in [-0.15, -0.1) is 0 Å². The molecule has 0 saturated carbocycles. The maximum Gasteiger partial charge on any atom is 0.300 e. The van der Waals surface area contributed by atoms with Crippen molar-refractivity contribution < 1.29 is 19.7 Å². The van der Waals surface area contributed by atoms with Crippen LogP contribution < -0.4 is 0 Å². The Labute approximate surface area is 72.2 Å². The second-order valence-corrected chi connectivity index (χ2v) is 2.85. The normalized spacial score (nSPS) is 27.6. The van der Waals surface area contributed by atoms with Gasteiger partial charge in [-0.25, -0.2) is 0 Å². The minimum atomic E-state index is -0.833. The van der Waals surface area contributed by atoms with Crippen molar-refractivity contribution in [1.82, 2.24) is 0 Å². The predicted molar refractivity (Wildman–Crippen MR) is 44.0 cm³/mol. The van der Waals surface area contributed by atoms with Crippen LogP contribution in [-0.2, 0) is 9.53 Å². The van der Waals surface area contributed by atoms with Gasteiger partial charge in [-0.2, -0.15) is 0 Å². The Morgan fingerprint density at radius 3 is 2.25 bits per heavy atom. The number of carbonyl (C=O) groups is 1. The van der Waals surface area contributed by atoms with Crippen molar-refractivity contribution in [2.45, 2.75) is 38.9 Å². The van der Waals surface area contributed by atoms with E-state index >= 15 is 0 Å². The molecule has 1 heterocycles. The zero-order valence-corrected chi connectivity index (χ0v) is 7.49. The Balaban J connectivity index is 0.000000261. The largest absolute Gasteiger partial charge is 0.481 e. The first-order valence-corrected chi connectivity index (χ1v) is 4.02. The molecule has 0 amide bonds. The molecule has 0 aromatic heterocycles. The van der Waals surface area contributed by atoms with Crippen molar-refractivity contribution in [1.29, 1.82) is 0 Å². The second kappa shape index (κ2) is 5.97. The first-order chi connectivity index (χ1) is 5.56. The molecule has 2 N–H and O–H groups in total. The maximum absolute atomic E-state index is 9.00. The van der Waals surface area contributed by atoms with E-state index in [0.717, 1.165) is 19.8 Å². The number of carboxylic acid groups (broad SMARTS) is 1. The molecule has 12 heavy (non-hydrogen) atoms. The molecule has 1 aliphatic rings. The minimum Gasteiger partial charge on any atom is -0.481 e. The molecule has 4 nitrogen and oxygen atoms in total. The average molecular weight is 176 g/mol. The van der Waals surface area contributed by atoms with Crippen LogP contribution >= 0.6 is 0 Å². The lowest BCUT2D eigenvalue weighted by Gasteiger charge is -2.05. The molecule has 0 bridgehead atoms. The van der Waals surface area contributed by atoms with E-state index in [1.54, 1.807) is 0 Å². The number of aliphatic carboxylic acids is 1. The lowest BCUT2D eigenvalue weighted by molar-refractivity contribution is -0.134. The first-order valence-electron chi connectivity index (χ1n) is 4.02. The van der Waals surface area contributed by atoms with Gasteiger partial charge in [0.15, 0.2) is 0 Å². The van der Waals surface area contributed by atoms with Gasteiger partial charge in [0, 0.05) is 6.92 Å². The third-order valence-corrected chi connectivity index (χ3v) is 1.52. The van der Waals surface area contributed by atoms with Crippen molar-refractivity contribution in [3.8, 4) is 0 Å². The summed E-state index contributed by atoms with van der Waals surface area (Å²) in [5.41, 5.74) is 0. The van der Waals surface area contributed by atoms with Gasteiger partial charge in [0.2, 0.25) is 0 Å². The fourth-order valence-electron chi connectivity index (χ4n) is 1.02. The minimum absolute atomic E-state index is 0.130. The third-order valence-electron chi connectivity index (χ3n) is 1.52. The lowest BCUT2D eigenvalue weighted by Crippen LogP contribution is -2.11. The summed E-state index contributed by atoms with van der Waals surface area (Å²) >= 11 is 0. The molecule has 1 saturated heterocycles. The molecule has 0 spiro atoms. The lowest BCUT2D eigenvalue weighted by atomic mass is 10.2. The summed E-state index contributed by atoms with van der Waals surface area (Å²) in [4.78, 5) is 9.00. The fraction of sp³-hybridized carbons (Fsp3) is 0.875. The van der Waals surface area contributed by atoms with E-state index in [1.165, 1.54) is 0 Å². The van der Waals surface area contributed by atoms with E-state index in [0.29, 0.717) is 6.10 Å². The van der Waals surface area contributed by atoms with Crippen molar-refractivity contribution in [3.63, 3.8) is 0 Å².